The Kier molecular flexibility index (Phi) is 5.41. The number of cyclic esters (lactones) is 1. The van der Waals surface area contributed by atoms with Crippen molar-refractivity contribution in [3.8, 4) is 0 Å². The first kappa shape index (κ1) is 18.9. The third kappa shape index (κ3) is 3.79. The zero-order valence-electron chi connectivity index (χ0n) is 14.6. The van der Waals surface area contributed by atoms with Gasteiger partial charge in [0.15, 0.2) is 23.0 Å². The van der Waals surface area contributed by atoms with Gasteiger partial charge in [-0.3, -0.25) is 4.79 Å². The molecule has 0 aromatic heterocycles. The van der Waals surface area contributed by atoms with E-state index in [9.17, 15) is 13.2 Å². The predicted octanol–water partition coefficient (Wildman–Crippen LogP) is 2.34. The first-order valence-corrected chi connectivity index (χ1v) is 13.4. The van der Waals surface area contributed by atoms with Crippen molar-refractivity contribution < 1.29 is 17.9 Å². The molecule has 0 radical (unpaired) electrons. The maximum absolute atomic E-state index is 12.4. The molecule has 7 heteroatoms. The van der Waals surface area contributed by atoms with Crippen molar-refractivity contribution in [2.45, 2.75) is 17.9 Å². The van der Waals surface area contributed by atoms with Gasteiger partial charge in [-0.25, -0.2) is 8.42 Å². The lowest BCUT2D eigenvalue weighted by molar-refractivity contribution is -0.136. The molecule has 2 aromatic rings. The van der Waals surface area contributed by atoms with E-state index >= 15 is 0 Å². The minimum Gasteiger partial charge on any atom is -0.420 e. The summed E-state index contributed by atoms with van der Waals surface area (Å²) in [4.78, 5) is 12.7. The fraction of sp³-hybridized carbons (Fsp3) is 0.211. The van der Waals surface area contributed by atoms with E-state index in [1.807, 2.05) is 49.4 Å². The summed E-state index contributed by atoms with van der Waals surface area (Å²) in [6.45, 7) is 2.01. The third-order valence-electron chi connectivity index (χ3n) is 4.37. The summed E-state index contributed by atoms with van der Waals surface area (Å²) in [7, 11) is -5.79. The van der Waals surface area contributed by atoms with Crippen LogP contribution in [-0.4, -0.2) is 34.5 Å². The molecule has 136 valence electrons. The molecule has 0 spiro atoms. The van der Waals surface area contributed by atoms with Crippen LogP contribution in [0, 0.1) is 0 Å². The van der Waals surface area contributed by atoms with Crippen LogP contribution in [0.25, 0.3) is 0 Å². The lowest BCUT2D eigenvalue weighted by Gasteiger charge is -2.33. The molecule has 0 bridgehead atoms. The van der Waals surface area contributed by atoms with Crippen molar-refractivity contribution in [2.24, 2.45) is 0 Å². The summed E-state index contributed by atoms with van der Waals surface area (Å²) in [5, 5.41) is 2.76. The Balaban J connectivity index is 2.19. The second-order valence-electron chi connectivity index (χ2n) is 6.18. The Morgan fingerprint density at radius 3 is 2.23 bits per heavy atom. The Labute approximate surface area is 159 Å². The molecule has 1 aliphatic heterocycles. The second kappa shape index (κ2) is 7.42. The molecule has 0 saturated heterocycles. The molecule has 1 unspecified atom stereocenters. The van der Waals surface area contributed by atoms with E-state index in [-0.39, 0.29) is 10.9 Å². The smallest absolute Gasteiger partial charge is 0.309 e. The Hall–Kier alpha value is -1.83. The maximum atomic E-state index is 12.4. The van der Waals surface area contributed by atoms with Crippen LogP contribution in [0.3, 0.4) is 0 Å². The first-order valence-electron chi connectivity index (χ1n) is 8.27. The number of carbonyl (C=O) groups is 1. The molecule has 0 N–H and O–H groups in total. The van der Waals surface area contributed by atoms with Gasteiger partial charge in [0, 0.05) is 6.26 Å². The van der Waals surface area contributed by atoms with Crippen LogP contribution in [0.5, 0.6) is 0 Å². The summed E-state index contributed by atoms with van der Waals surface area (Å²) < 4.78 is 29.0. The molecule has 26 heavy (non-hydrogen) atoms. The number of thioether (sulfide) groups is 1. The summed E-state index contributed by atoms with van der Waals surface area (Å²) >= 11 is 1.51. The Morgan fingerprint density at radius 1 is 1.04 bits per heavy atom. The van der Waals surface area contributed by atoms with Crippen molar-refractivity contribution in [3.63, 3.8) is 0 Å². The van der Waals surface area contributed by atoms with E-state index in [0.717, 1.165) is 16.1 Å². The number of benzene rings is 2. The first-order chi connectivity index (χ1) is 12.3. The van der Waals surface area contributed by atoms with Crippen molar-refractivity contribution in [1.82, 2.24) is 0 Å². The molecule has 0 amide bonds. The van der Waals surface area contributed by atoms with Crippen LogP contribution in [0.2, 0.25) is 6.04 Å². The molecule has 1 aliphatic rings. The van der Waals surface area contributed by atoms with Gasteiger partial charge in [0.2, 0.25) is 0 Å². The van der Waals surface area contributed by atoms with E-state index in [0.29, 0.717) is 11.1 Å². The predicted molar refractivity (Wildman–Crippen MR) is 108 cm³/mol. The van der Waals surface area contributed by atoms with Crippen LogP contribution in [0.4, 0.5) is 0 Å². The maximum Gasteiger partial charge on any atom is 0.309 e. The van der Waals surface area contributed by atoms with Crippen LogP contribution < -0.4 is 10.4 Å². The van der Waals surface area contributed by atoms with Crippen LogP contribution >= 0.6 is 11.8 Å². The zero-order valence-corrected chi connectivity index (χ0v) is 17.3. The van der Waals surface area contributed by atoms with E-state index in [2.05, 4.69) is 5.70 Å². The van der Waals surface area contributed by atoms with Gasteiger partial charge in [0.25, 0.3) is 0 Å². The molecule has 1 heterocycles. The van der Waals surface area contributed by atoms with Gasteiger partial charge in [-0.15, -0.1) is 0 Å². The second-order valence-corrected chi connectivity index (χ2v) is 13.2. The Morgan fingerprint density at radius 2 is 1.65 bits per heavy atom. The largest absolute Gasteiger partial charge is 0.420 e. The molecule has 3 rings (SSSR count). The van der Waals surface area contributed by atoms with E-state index in [4.69, 9.17) is 4.74 Å². The summed E-state index contributed by atoms with van der Waals surface area (Å²) in [6.07, 6.45) is 1.19. The SMILES string of the molecule is CCSC1=C[Si](c2ccccc2)(c2ccc(S(C)(=O)=O)cc2)CC(=O)O1. The highest BCUT2D eigenvalue weighted by Gasteiger charge is 2.42. The van der Waals surface area contributed by atoms with Gasteiger partial charge in [-0.1, -0.05) is 61.2 Å². The number of carbonyl (C=O) groups excluding carboxylic acids is 1. The van der Waals surface area contributed by atoms with E-state index < -0.39 is 17.9 Å². The van der Waals surface area contributed by atoms with Gasteiger partial charge in [0.1, 0.15) is 0 Å². The minimum absolute atomic E-state index is 0.230. The lowest BCUT2D eigenvalue weighted by atomic mass is 10.4. The van der Waals surface area contributed by atoms with Crippen LogP contribution in [-0.2, 0) is 19.4 Å². The molecule has 1 atom stereocenters. The number of esters is 1. The van der Waals surface area contributed by atoms with Gasteiger partial charge >= 0.3 is 5.97 Å². The average Bonchev–Trinajstić information content (AvgIpc) is 2.61. The molecule has 4 nitrogen and oxygen atoms in total. The number of hydrogen-bond donors (Lipinski definition) is 0. The lowest BCUT2D eigenvalue weighted by Crippen LogP contribution is -2.59. The van der Waals surface area contributed by atoms with Crippen molar-refractivity contribution in [1.29, 1.82) is 0 Å². The molecule has 0 fully saturated rings. The zero-order chi connectivity index (χ0) is 18.8. The molecule has 0 aliphatic carbocycles. The minimum atomic E-state index is -3.26. The van der Waals surface area contributed by atoms with Crippen molar-refractivity contribution in [3.05, 3.63) is 65.4 Å². The van der Waals surface area contributed by atoms with E-state index in [1.54, 1.807) is 12.1 Å². The van der Waals surface area contributed by atoms with Gasteiger partial charge in [-0.05, 0) is 34.0 Å². The average molecular weight is 405 g/mol. The number of sulfone groups is 1. The quantitative estimate of drug-likeness (QED) is 0.565. The van der Waals surface area contributed by atoms with E-state index in [1.165, 1.54) is 18.0 Å². The summed E-state index contributed by atoms with van der Waals surface area (Å²) in [5.74, 6) is 0.581. The monoisotopic (exact) mass is 404 g/mol. The fourth-order valence-electron chi connectivity index (χ4n) is 3.14. The molecular weight excluding hydrogens is 384 g/mol. The van der Waals surface area contributed by atoms with Crippen LogP contribution in [0.1, 0.15) is 6.92 Å². The van der Waals surface area contributed by atoms with Gasteiger partial charge in [-0.2, -0.15) is 0 Å². The van der Waals surface area contributed by atoms with Gasteiger partial charge < -0.3 is 4.74 Å². The standard InChI is InChI=1S/C19H20O4S2Si/c1-3-24-19-14-26(13-18(20)23-19,16-7-5-4-6-8-16)17-11-9-15(10-12-17)25(2,21)22/h4-12,14H,3,13H2,1-2H3. The highest BCUT2D eigenvalue weighted by atomic mass is 32.2. The Bertz CT molecular complexity index is 937. The summed E-state index contributed by atoms with van der Waals surface area (Å²) in [6, 6.07) is 17.2. The molecular formula is C19H20O4S2Si. The highest BCUT2D eigenvalue weighted by Crippen LogP contribution is 2.29. The van der Waals surface area contributed by atoms with Crippen molar-refractivity contribution in [2.75, 3.05) is 12.0 Å². The number of ether oxygens (including phenoxy) is 1. The molecule has 2 aromatic carbocycles. The third-order valence-corrected chi connectivity index (χ3v) is 10.8. The van der Waals surface area contributed by atoms with Crippen LogP contribution in [0.15, 0.2) is 70.3 Å². The van der Waals surface area contributed by atoms with Gasteiger partial charge in [0.05, 0.1) is 10.9 Å². The normalized spacial score (nSPS) is 20.4. The number of hydrogen-bond acceptors (Lipinski definition) is 5. The fourth-order valence-corrected chi connectivity index (χ4v) is 8.86. The number of rotatable bonds is 5. The summed E-state index contributed by atoms with van der Waals surface area (Å²) in [5.41, 5.74) is 2.12. The molecule has 0 saturated carbocycles. The highest BCUT2D eigenvalue weighted by molar-refractivity contribution is 8.02. The van der Waals surface area contributed by atoms with Crippen molar-refractivity contribution >= 4 is 46.0 Å². The topological polar surface area (TPSA) is 60.4 Å².